The van der Waals surface area contributed by atoms with Crippen LogP contribution in [0, 0.1) is 27.7 Å². The van der Waals surface area contributed by atoms with E-state index in [4.69, 9.17) is 14.2 Å². The molecule has 2 aromatic carbocycles. The molecule has 1 aliphatic heterocycles. The van der Waals surface area contributed by atoms with Crippen molar-refractivity contribution in [3.8, 4) is 17.2 Å². The number of benzene rings is 2. The molecule has 3 aromatic rings. The van der Waals surface area contributed by atoms with Gasteiger partial charge in [0.2, 0.25) is 0 Å². The van der Waals surface area contributed by atoms with Gasteiger partial charge in [0.25, 0.3) is 5.91 Å². The molecule has 4 rings (SSSR count). The largest absolute Gasteiger partial charge is 0.493 e. The molecule has 0 atom stereocenters. The molecular weight excluding hydrogens is 492 g/mol. The van der Waals surface area contributed by atoms with Crippen LogP contribution in [-0.2, 0) is 20.7 Å². The smallest absolute Gasteiger partial charge is 0.340 e. The molecule has 1 amide bonds. The molecule has 1 aromatic heterocycles. The predicted octanol–water partition coefficient (Wildman–Crippen LogP) is 5.64. The van der Waals surface area contributed by atoms with Gasteiger partial charge < -0.3 is 23.7 Å². The first-order valence-corrected chi connectivity index (χ1v) is 12.9. The molecule has 7 heteroatoms. The van der Waals surface area contributed by atoms with Crippen molar-refractivity contribution in [2.45, 2.75) is 41.0 Å². The third-order valence-corrected chi connectivity index (χ3v) is 7.49. The summed E-state index contributed by atoms with van der Waals surface area (Å²) in [5.74, 6) is 0.532. The van der Waals surface area contributed by atoms with Gasteiger partial charge in [0.1, 0.15) is 0 Å². The number of hydrogen-bond acceptors (Lipinski definition) is 5. The van der Waals surface area contributed by atoms with Gasteiger partial charge in [-0.25, -0.2) is 4.79 Å². The lowest BCUT2D eigenvalue weighted by Crippen LogP contribution is -2.27. The van der Waals surface area contributed by atoms with Gasteiger partial charge in [-0.2, -0.15) is 0 Å². The average Bonchev–Trinajstić information content (AvgIpc) is 3.34. The molecular formula is C32H36N2O5. The van der Waals surface area contributed by atoms with E-state index in [-0.39, 0.29) is 5.91 Å². The van der Waals surface area contributed by atoms with Crippen LogP contribution in [0.4, 0.5) is 0 Å². The van der Waals surface area contributed by atoms with Crippen LogP contribution in [0.3, 0.4) is 0 Å². The van der Waals surface area contributed by atoms with E-state index in [9.17, 15) is 9.59 Å². The van der Waals surface area contributed by atoms with Crippen molar-refractivity contribution in [3.63, 3.8) is 0 Å². The fraction of sp³-hybridized carbons (Fsp3) is 0.312. The third-order valence-electron chi connectivity index (χ3n) is 7.49. The number of nitrogens with zero attached hydrogens (tertiary/aromatic N) is 2. The number of allylic oxidation sites excluding steroid dienone is 1. The molecule has 2 heterocycles. The summed E-state index contributed by atoms with van der Waals surface area (Å²) in [5.41, 5.74) is 8.62. The van der Waals surface area contributed by atoms with E-state index in [0.29, 0.717) is 41.3 Å². The summed E-state index contributed by atoms with van der Waals surface area (Å²) in [6.07, 6.45) is 2.39. The summed E-state index contributed by atoms with van der Waals surface area (Å²) in [7, 11) is 4.52. The number of aromatic nitrogens is 1. The maximum absolute atomic E-state index is 13.7. The standard InChI is InChI=1S/C32H36N2O5/c1-19-9-11-26(15-20(19)2)34-21(3)16-25(22(34)4)18-27-30(32(36)39-8)23(5)33(31(27)35)14-13-24-10-12-28(37-6)29(17-24)38-7/h9-12,15-18H,13-14H2,1-8H3/b27-18-. The van der Waals surface area contributed by atoms with Crippen molar-refractivity contribution in [2.24, 2.45) is 0 Å². The molecule has 1 aliphatic rings. The lowest BCUT2D eigenvalue weighted by molar-refractivity contribution is -0.136. The summed E-state index contributed by atoms with van der Waals surface area (Å²) >= 11 is 0. The summed E-state index contributed by atoms with van der Waals surface area (Å²) < 4.78 is 18.0. The zero-order valence-corrected chi connectivity index (χ0v) is 24.0. The minimum atomic E-state index is -0.524. The van der Waals surface area contributed by atoms with E-state index in [1.54, 1.807) is 26.0 Å². The lowest BCUT2D eigenvalue weighted by Gasteiger charge is -2.18. The zero-order chi connectivity index (χ0) is 28.4. The van der Waals surface area contributed by atoms with Gasteiger partial charge in [0, 0.05) is 29.3 Å². The first-order chi connectivity index (χ1) is 18.6. The number of methoxy groups -OCH3 is 3. The van der Waals surface area contributed by atoms with Crippen LogP contribution >= 0.6 is 0 Å². The molecule has 39 heavy (non-hydrogen) atoms. The molecule has 0 fully saturated rings. The van der Waals surface area contributed by atoms with Crippen molar-refractivity contribution < 1.29 is 23.8 Å². The molecule has 7 nitrogen and oxygen atoms in total. The fourth-order valence-corrected chi connectivity index (χ4v) is 5.13. The minimum Gasteiger partial charge on any atom is -0.493 e. The van der Waals surface area contributed by atoms with E-state index >= 15 is 0 Å². The van der Waals surface area contributed by atoms with E-state index in [1.807, 2.05) is 44.2 Å². The zero-order valence-electron chi connectivity index (χ0n) is 24.0. The lowest BCUT2D eigenvalue weighted by atomic mass is 10.0. The maximum atomic E-state index is 13.7. The number of carbonyl (C=O) groups excluding carboxylic acids is 2. The van der Waals surface area contributed by atoms with Crippen LogP contribution in [0.15, 0.2) is 59.3 Å². The molecule has 0 saturated heterocycles. The highest BCUT2D eigenvalue weighted by molar-refractivity contribution is 6.16. The van der Waals surface area contributed by atoms with Gasteiger partial charge in [0.05, 0.1) is 32.5 Å². The summed E-state index contributed by atoms with van der Waals surface area (Å²) in [6, 6.07) is 14.1. The highest BCUT2D eigenvalue weighted by Gasteiger charge is 2.37. The van der Waals surface area contributed by atoms with Crippen LogP contribution in [0.1, 0.15) is 40.6 Å². The predicted molar refractivity (Wildman–Crippen MR) is 152 cm³/mol. The average molecular weight is 529 g/mol. The SMILES string of the molecule is COC(=O)C1=C(C)N(CCc2ccc(OC)c(OC)c2)C(=O)/C1=C\c1cc(C)n(-c2ccc(C)c(C)c2)c1C. The Morgan fingerprint density at radius 3 is 2.23 bits per heavy atom. The van der Waals surface area contributed by atoms with E-state index < -0.39 is 5.97 Å². The van der Waals surface area contributed by atoms with Crippen molar-refractivity contribution in [2.75, 3.05) is 27.9 Å². The fourth-order valence-electron chi connectivity index (χ4n) is 5.13. The van der Waals surface area contributed by atoms with Gasteiger partial charge in [-0.3, -0.25) is 4.79 Å². The monoisotopic (exact) mass is 528 g/mol. The van der Waals surface area contributed by atoms with Crippen LogP contribution in [0.2, 0.25) is 0 Å². The van der Waals surface area contributed by atoms with Gasteiger partial charge in [-0.05, 0) is 99.7 Å². The topological polar surface area (TPSA) is 70.0 Å². The summed E-state index contributed by atoms with van der Waals surface area (Å²) in [4.78, 5) is 28.2. The van der Waals surface area contributed by atoms with Crippen LogP contribution < -0.4 is 9.47 Å². The first kappa shape index (κ1) is 27.8. The molecule has 0 radical (unpaired) electrons. The summed E-state index contributed by atoms with van der Waals surface area (Å²) in [6.45, 7) is 10.4. The maximum Gasteiger partial charge on any atom is 0.340 e. The van der Waals surface area contributed by atoms with Gasteiger partial charge in [-0.1, -0.05) is 12.1 Å². The van der Waals surface area contributed by atoms with Crippen molar-refractivity contribution in [1.29, 1.82) is 0 Å². The number of ether oxygens (including phenoxy) is 3. The number of aryl methyl sites for hydroxylation is 3. The Kier molecular flexibility index (Phi) is 8.00. The Morgan fingerprint density at radius 1 is 0.872 bits per heavy atom. The Morgan fingerprint density at radius 2 is 1.59 bits per heavy atom. The van der Waals surface area contributed by atoms with E-state index in [2.05, 4.69) is 36.6 Å². The number of hydrogen-bond donors (Lipinski definition) is 0. The molecule has 0 unspecified atom stereocenters. The van der Waals surface area contributed by atoms with Crippen molar-refractivity contribution in [1.82, 2.24) is 9.47 Å². The van der Waals surface area contributed by atoms with E-state index in [0.717, 1.165) is 28.2 Å². The van der Waals surface area contributed by atoms with Crippen LogP contribution in [-0.4, -0.2) is 49.2 Å². The van der Waals surface area contributed by atoms with Gasteiger partial charge in [0.15, 0.2) is 11.5 Å². The van der Waals surface area contributed by atoms with Crippen LogP contribution in [0.5, 0.6) is 11.5 Å². The van der Waals surface area contributed by atoms with Crippen molar-refractivity contribution >= 4 is 18.0 Å². The number of esters is 1. The highest BCUT2D eigenvalue weighted by Crippen LogP contribution is 2.34. The summed E-state index contributed by atoms with van der Waals surface area (Å²) in [5, 5.41) is 0. The molecule has 0 N–H and O–H groups in total. The number of rotatable bonds is 8. The molecule has 0 aliphatic carbocycles. The Balaban J connectivity index is 1.69. The second-order valence-electron chi connectivity index (χ2n) is 9.84. The number of carbonyl (C=O) groups is 2. The number of amides is 1. The normalized spacial score (nSPS) is 14.4. The molecule has 204 valence electrons. The molecule has 0 spiro atoms. The van der Waals surface area contributed by atoms with Crippen molar-refractivity contribution in [3.05, 3.63) is 92.9 Å². The Labute approximate surface area is 230 Å². The molecule has 0 bridgehead atoms. The highest BCUT2D eigenvalue weighted by atomic mass is 16.5. The minimum absolute atomic E-state index is 0.218. The Hall–Kier alpha value is -4.26. The van der Waals surface area contributed by atoms with Crippen LogP contribution in [0.25, 0.3) is 11.8 Å². The molecule has 0 saturated carbocycles. The quantitative estimate of drug-likeness (QED) is 0.279. The Bertz CT molecular complexity index is 1510. The van der Waals surface area contributed by atoms with E-state index in [1.165, 1.54) is 18.2 Å². The third kappa shape index (κ3) is 5.21. The second-order valence-corrected chi connectivity index (χ2v) is 9.84. The second kappa shape index (κ2) is 11.2. The van der Waals surface area contributed by atoms with Gasteiger partial charge >= 0.3 is 5.97 Å². The van der Waals surface area contributed by atoms with Gasteiger partial charge in [-0.15, -0.1) is 0 Å². The first-order valence-electron chi connectivity index (χ1n) is 12.9.